The Hall–Kier alpha value is -1.00. The van der Waals surface area contributed by atoms with Gasteiger partial charge in [0, 0.05) is 9.86 Å². The first-order valence-corrected chi connectivity index (χ1v) is 8.44. The molecule has 0 saturated heterocycles. The largest absolute Gasteiger partial charge is 0.295 e. The number of halogens is 1. The maximum Gasteiger partial charge on any atom is 0.295 e. The number of hydrogen-bond donors (Lipinski definition) is 2. The molecule has 0 saturated carbocycles. The summed E-state index contributed by atoms with van der Waals surface area (Å²) in [7, 11) is -9.20. The van der Waals surface area contributed by atoms with Gasteiger partial charge in [-0.3, -0.25) is 9.11 Å². The molecule has 102 valence electrons. The van der Waals surface area contributed by atoms with Gasteiger partial charge >= 0.3 is 0 Å². The molecule has 6 nitrogen and oxygen atoms in total. The van der Waals surface area contributed by atoms with Crippen molar-refractivity contribution in [2.75, 3.05) is 0 Å². The van der Waals surface area contributed by atoms with Crippen LogP contribution in [0.3, 0.4) is 0 Å². The first-order valence-electron chi connectivity index (χ1n) is 4.77. The van der Waals surface area contributed by atoms with Crippen LogP contribution in [-0.2, 0) is 20.2 Å². The highest BCUT2D eigenvalue weighted by molar-refractivity contribution is 9.10. The van der Waals surface area contributed by atoms with E-state index >= 15 is 0 Å². The highest BCUT2D eigenvalue weighted by atomic mass is 79.9. The summed E-state index contributed by atoms with van der Waals surface area (Å²) >= 11 is 3.15. The van der Waals surface area contributed by atoms with E-state index in [-0.39, 0.29) is 10.8 Å². The summed E-state index contributed by atoms with van der Waals surface area (Å²) in [5.74, 6) is 0. The van der Waals surface area contributed by atoms with Gasteiger partial charge in [0.1, 0.15) is 4.90 Å². The lowest BCUT2D eigenvalue weighted by atomic mass is 10.1. The SMILES string of the molecule is O=S(=O)(O)c1cc(S(=O)(=O)O)c2cc(Br)ccc2c1. The molecule has 19 heavy (non-hydrogen) atoms. The van der Waals surface area contributed by atoms with Crippen LogP contribution >= 0.6 is 15.9 Å². The molecular formula is C10H7BrO6S2. The van der Waals surface area contributed by atoms with Crippen LogP contribution in [0.25, 0.3) is 10.8 Å². The van der Waals surface area contributed by atoms with E-state index in [0.29, 0.717) is 10.5 Å². The van der Waals surface area contributed by atoms with Crippen molar-refractivity contribution in [1.29, 1.82) is 0 Å². The lowest BCUT2D eigenvalue weighted by Crippen LogP contribution is -2.04. The molecule has 2 N–H and O–H groups in total. The van der Waals surface area contributed by atoms with Crippen LogP contribution < -0.4 is 0 Å². The maximum absolute atomic E-state index is 11.3. The molecule has 0 amide bonds. The van der Waals surface area contributed by atoms with E-state index in [4.69, 9.17) is 9.11 Å². The summed E-state index contributed by atoms with van der Waals surface area (Å²) < 4.78 is 63.5. The Morgan fingerprint density at radius 1 is 0.895 bits per heavy atom. The second kappa shape index (κ2) is 4.53. The Morgan fingerprint density at radius 3 is 2.05 bits per heavy atom. The monoisotopic (exact) mass is 366 g/mol. The number of fused-ring (bicyclic) bond motifs is 1. The average molecular weight is 367 g/mol. The second-order valence-electron chi connectivity index (χ2n) is 3.74. The fourth-order valence-corrected chi connectivity index (χ4v) is 3.34. The van der Waals surface area contributed by atoms with E-state index in [9.17, 15) is 16.8 Å². The van der Waals surface area contributed by atoms with Crippen LogP contribution in [0.15, 0.2) is 44.6 Å². The topological polar surface area (TPSA) is 109 Å². The Labute approximate surface area is 117 Å². The van der Waals surface area contributed by atoms with Gasteiger partial charge in [0.2, 0.25) is 0 Å². The second-order valence-corrected chi connectivity index (χ2v) is 7.46. The smallest absolute Gasteiger partial charge is 0.282 e. The van der Waals surface area contributed by atoms with Gasteiger partial charge < -0.3 is 0 Å². The summed E-state index contributed by atoms with van der Waals surface area (Å²) in [5.41, 5.74) is 0. The molecule has 0 fully saturated rings. The van der Waals surface area contributed by atoms with Crippen molar-refractivity contribution < 1.29 is 25.9 Å². The third-order valence-corrected chi connectivity index (χ3v) is 4.65. The van der Waals surface area contributed by atoms with Gasteiger partial charge in [-0.25, -0.2) is 0 Å². The third kappa shape index (κ3) is 2.95. The molecule has 0 aromatic heterocycles. The van der Waals surface area contributed by atoms with E-state index in [1.807, 2.05) is 0 Å². The van der Waals surface area contributed by atoms with Gasteiger partial charge in [-0.05, 0) is 29.7 Å². The average Bonchev–Trinajstić information content (AvgIpc) is 2.24. The Kier molecular flexibility index (Phi) is 3.43. The molecule has 0 bridgehead atoms. The first-order chi connectivity index (χ1) is 8.59. The molecule has 0 spiro atoms. The van der Waals surface area contributed by atoms with Gasteiger partial charge in [0.05, 0.1) is 4.90 Å². The van der Waals surface area contributed by atoms with Crippen LogP contribution in [0, 0.1) is 0 Å². The Morgan fingerprint density at radius 2 is 1.53 bits per heavy atom. The summed E-state index contributed by atoms with van der Waals surface area (Å²) in [4.78, 5) is -1.19. The quantitative estimate of drug-likeness (QED) is 0.787. The first kappa shape index (κ1) is 14.4. The maximum atomic E-state index is 11.3. The number of benzene rings is 2. The molecule has 0 aliphatic rings. The molecule has 2 rings (SSSR count). The zero-order valence-electron chi connectivity index (χ0n) is 9.11. The molecular weight excluding hydrogens is 360 g/mol. The molecule has 0 unspecified atom stereocenters. The number of hydrogen-bond acceptors (Lipinski definition) is 4. The van der Waals surface area contributed by atoms with Crippen LogP contribution in [0.5, 0.6) is 0 Å². The Balaban J connectivity index is 3.01. The van der Waals surface area contributed by atoms with Crippen LogP contribution in [0.2, 0.25) is 0 Å². The zero-order valence-corrected chi connectivity index (χ0v) is 12.3. The normalized spacial score (nSPS) is 12.8. The van der Waals surface area contributed by atoms with Crippen molar-refractivity contribution in [2.24, 2.45) is 0 Å². The van der Waals surface area contributed by atoms with Crippen LogP contribution in [0.1, 0.15) is 0 Å². The van der Waals surface area contributed by atoms with Gasteiger partial charge in [-0.2, -0.15) is 16.8 Å². The predicted molar refractivity (Wildman–Crippen MR) is 71.3 cm³/mol. The highest BCUT2D eigenvalue weighted by Crippen LogP contribution is 2.29. The standard InChI is InChI=1S/C10H7BrO6S2/c11-7-2-1-6-3-8(18(12,13)14)5-10(9(6)4-7)19(15,16)17/h1-5H,(H,12,13,14)(H,15,16,17). The summed E-state index contributed by atoms with van der Waals surface area (Å²) in [6.45, 7) is 0. The van der Waals surface area contributed by atoms with Crippen molar-refractivity contribution in [2.45, 2.75) is 9.79 Å². The lowest BCUT2D eigenvalue weighted by Gasteiger charge is -2.07. The van der Waals surface area contributed by atoms with Crippen molar-refractivity contribution in [3.8, 4) is 0 Å². The van der Waals surface area contributed by atoms with Gasteiger partial charge in [0.15, 0.2) is 0 Å². The minimum atomic E-state index is -4.63. The van der Waals surface area contributed by atoms with E-state index in [1.54, 1.807) is 6.07 Å². The van der Waals surface area contributed by atoms with Gasteiger partial charge in [0.25, 0.3) is 20.2 Å². The van der Waals surface area contributed by atoms with Crippen molar-refractivity contribution in [3.63, 3.8) is 0 Å². The molecule has 2 aromatic rings. The van der Waals surface area contributed by atoms with Crippen molar-refractivity contribution in [3.05, 3.63) is 34.8 Å². The molecule has 0 radical (unpaired) electrons. The van der Waals surface area contributed by atoms with E-state index in [2.05, 4.69) is 15.9 Å². The van der Waals surface area contributed by atoms with Gasteiger partial charge in [-0.1, -0.05) is 22.0 Å². The van der Waals surface area contributed by atoms with Crippen LogP contribution in [-0.4, -0.2) is 25.9 Å². The third-order valence-electron chi connectivity index (χ3n) is 2.43. The number of rotatable bonds is 2. The molecule has 0 aliphatic heterocycles. The summed E-state index contributed by atoms with van der Waals surface area (Å²) in [6, 6.07) is 6.28. The molecule has 9 heteroatoms. The lowest BCUT2D eigenvalue weighted by molar-refractivity contribution is 0.482. The predicted octanol–water partition coefficient (Wildman–Crippen LogP) is 2.10. The highest BCUT2D eigenvalue weighted by Gasteiger charge is 2.20. The zero-order chi connectivity index (χ0) is 14.4. The van der Waals surface area contributed by atoms with Crippen molar-refractivity contribution >= 4 is 46.9 Å². The van der Waals surface area contributed by atoms with Crippen molar-refractivity contribution in [1.82, 2.24) is 0 Å². The Bertz CT molecular complexity index is 870. The minimum Gasteiger partial charge on any atom is -0.282 e. The van der Waals surface area contributed by atoms with E-state index in [0.717, 1.165) is 6.07 Å². The van der Waals surface area contributed by atoms with E-state index in [1.165, 1.54) is 12.1 Å². The summed E-state index contributed by atoms with van der Waals surface area (Å²) in [5, 5.41) is 0.398. The fourth-order valence-electron chi connectivity index (χ4n) is 1.63. The molecule has 0 aliphatic carbocycles. The fraction of sp³-hybridized carbons (Fsp3) is 0. The minimum absolute atomic E-state index is 0.143. The van der Waals surface area contributed by atoms with E-state index < -0.39 is 30.0 Å². The van der Waals surface area contributed by atoms with Gasteiger partial charge in [-0.15, -0.1) is 0 Å². The molecule has 2 aromatic carbocycles. The molecule has 0 heterocycles. The summed E-state index contributed by atoms with van der Waals surface area (Å²) in [6.07, 6.45) is 0. The van der Waals surface area contributed by atoms with Crippen LogP contribution in [0.4, 0.5) is 0 Å². The molecule has 0 atom stereocenters.